The average Bonchev–Trinajstić information content (AvgIpc) is 2.17. The number of carbonyl (C=O) groups excluding carboxylic acids is 2. The van der Waals surface area contributed by atoms with Gasteiger partial charge in [0.05, 0.1) is 0 Å². The Morgan fingerprint density at radius 2 is 2.07 bits per heavy atom. The number of halogens is 3. The maximum Gasteiger partial charge on any atom is 0.263 e. The number of rotatable bonds is 3. The zero-order valence-electron chi connectivity index (χ0n) is 7.76. The molecule has 0 radical (unpaired) electrons. The lowest BCUT2D eigenvalue weighted by molar-refractivity contribution is 0.101. The van der Waals surface area contributed by atoms with Gasteiger partial charge in [-0.3, -0.25) is 9.59 Å². The number of benzene rings is 1. The molecular formula is C10H7BrF2O2. The third-order valence-corrected chi connectivity index (χ3v) is 2.77. The smallest absolute Gasteiger partial charge is 0.263 e. The molecule has 0 fully saturated rings. The molecule has 2 nitrogen and oxygen atoms in total. The van der Waals surface area contributed by atoms with E-state index in [1.807, 2.05) is 0 Å². The quantitative estimate of drug-likeness (QED) is 0.626. The van der Waals surface area contributed by atoms with Crippen LogP contribution >= 0.6 is 15.9 Å². The van der Waals surface area contributed by atoms with E-state index < -0.39 is 6.43 Å². The van der Waals surface area contributed by atoms with Gasteiger partial charge in [0.15, 0.2) is 12.1 Å². The minimum atomic E-state index is -2.70. The monoisotopic (exact) mass is 276 g/mol. The van der Waals surface area contributed by atoms with Gasteiger partial charge in [0.1, 0.15) is 0 Å². The summed E-state index contributed by atoms with van der Waals surface area (Å²) in [7, 11) is 0. The molecule has 1 rings (SSSR count). The van der Waals surface area contributed by atoms with Crippen molar-refractivity contribution in [2.24, 2.45) is 0 Å². The van der Waals surface area contributed by atoms with Gasteiger partial charge in [0.25, 0.3) is 6.43 Å². The zero-order valence-corrected chi connectivity index (χ0v) is 9.35. The van der Waals surface area contributed by atoms with Crippen molar-refractivity contribution in [1.29, 1.82) is 0 Å². The molecule has 0 saturated carbocycles. The summed E-state index contributed by atoms with van der Waals surface area (Å²) in [6.45, 7) is 1.25. The van der Waals surface area contributed by atoms with Gasteiger partial charge in [-0.1, -0.05) is 0 Å². The fourth-order valence-corrected chi connectivity index (χ4v) is 1.74. The first-order valence-electron chi connectivity index (χ1n) is 4.05. The topological polar surface area (TPSA) is 34.1 Å². The highest BCUT2D eigenvalue weighted by Crippen LogP contribution is 2.28. The lowest BCUT2D eigenvalue weighted by atomic mass is 10.0. The second-order valence-electron chi connectivity index (χ2n) is 2.95. The summed E-state index contributed by atoms with van der Waals surface area (Å²) in [6, 6.07) is 2.15. The van der Waals surface area contributed by atoms with E-state index in [0.29, 0.717) is 6.29 Å². The Kier molecular flexibility index (Phi) is 3.68. The van der Waals surface area contributed by atoms with E-state index in [9.17, 15) is 18.4 Å². The molecular weight excluding hydrogens is 270 g/mol. The van der Waals surface area contributed by atoms with E-state index >= 15 is 0 Å². The summed E-state index contributed by atoms with van der Waals surface area (Å²) in [5.74, 6) is -0.368. The minimum Gasteiger partial charge on any atom is -0.298 e. The third-order valence-electron chi connectivity index (χ3n) is 1.88. The van der Waals surface area contributed by atoms with Crippen molar-refractivity contribution in [2.75, 3.05) is 0 Å². The minimum absolute atomic E-state index is 0.0537. The van der Waals surface area contributed by atoms with Crippen molar-refractivity contribution in [3.05, 3.63) is 33.3 Å². The van der Waals surface area contributed by atoms with Crippen LogP contribution in [-0.2, 0) is 0 Å². The Labute approximate surface area is 93.4 Å². The molecule has 0 spiro atoms. The van der Waals surface area contributed by atoms with Gasteiger partial charge in [0, 0.05) is 21.2 Å². The molecule has 5 heteroatoms. The van der Waals surface area contributed by atoms with E-state index in [4.69, 9.17) is 0 Å². The highest BCUT2D eigenvalue weighted by Gasteiger charge is 2.16. The van der Waals surface area contributed by atoms with Crippen molar-refractivity contribution in [2.45, 2.75) is 13.3 Å². The van der Waals surface area contributed by atoms with Gasteiger partial charge in [-0.25, -0.2) is 8.78 Å². The second-order valence-corrected chi connectivity index (χ2v) is 3.74. The molecule has 0 heterocycles. The maximum atomic E-state index is 12.4. The van der Waals surface area contributed by atoms with E-state index in [-0.39, 0.29) is 26.9 Å². The number of carbonyl (C=O) groups is 2. The Balaban J connectivity index is 3.45. The van der Waals surface area contributed by atoms with Crippen LogP contribution in [0.25, 0.3) is 0 Å². The lowest BCUT2D eigenvalue weighted by Gasteiger charge is -2.07. The molecule has 0 atom stereocenters. The Morgan fingerprint density at radius 3 is 2.47 bits per heavy atom. The first-order chi connectivity index (χ1) is 6.97. The van der Waals surface area contributed by atoms with E-state index in [1.165, 1.54) is 6.92 Å². The van der Waals surface area contributed by atoms with Gasteiger partial charge < -0.3 is 0 Å². The number of ketones is 1. The van der Waals surface area contributed by atoms with Crippen LogP contribution in [0.3, 0.4) is 0 Å². The van der Waals surface area contributed by atoms with Crippen molar-refractivity contribution < 1.29 is 18.4 Å². The standard InChI is InChI=1S/C10H7BrF2O2/c1-5(15)8-3-6(10(12)13)2-7(4-14)9(8)11/h2-4,10H,1H3. The maximum absolute atomic E-state index is 12.4. The molecule has 15 heavy (non-hydrogen) atoms. The molecule has 0 N–H and O–H groups in total. The predicted octanol–water partition coefficient (Wildman–Crippen LogP) is 3.40. The molecule has 1 aromatic carbocycles. The summed E-state index contributed by atoms with van der Waals surface area (Å²) in [5, 5.41) is 0. The fraction of sp³-hybridized carbons (Fsp3) is 0.200. The summed E-state index contributed by atoms with van der Waals surface area (Å²) < 4.78 is 25.1. The van der Waals surface area contributed by atoms with Crippen LogP contribution < -0.4 is 0 Å². The molecule has 0 unspecified atom stereocenters. The van der Waals surface area contributed by atoms with Crippen LogP contribution in [0.5, 0.6) is 0 Å². The molecule has 0 amide bonds. The van der Waals surface area contributed by atoms with E-state index in [0.717, 1.165) is 12.1 Å². The van der Waals surface area contributed by atoms with Crippen molar-refractivity contribution in [1.82, 2.24) is 0 Å². The largest absolute Gasteiger partial charge is 0.298 e. The predicted molar refractivity (Wildman–Crippen MR) is 54.5 cm³/mol. The SMILES string of the molecule is CC(=O)c1cc(C(F)F)cc(C=O)c1Br. The van der Waals surface area contributed by atoms with Crippen LogP contribution in [0.2, 0.25) is 0 Å². The van der Waals surface area contributed by atoms with Crippen LogP contribution in [0.15, 0.2) is 16.6 Å². The third kappa shape index (κ3) is 2.47. The van der Waals surface area contributed by atoms with Gasteiger partial charge >= 0.3 is 0 Å². The van der Waals surface area contributed by atoms with Gasteiger partial charge in [-0.15, -0.1) is 0 Å². The normalized spacial score (nSPS) is 10.5. The van der Waals surface area contributed by atoms with Crippen LogP contribution in [0.1, 0.15) is 39.6 Å². The summed E-state index contributed by atoms with van der Waals surface area (Å²) >= 11 is 3.03. The van der Waals surface area contributed by atoms with Gasteiger partial charge in [-0.2, -0.15) is 0 Å². The Bertz CT molecular complexity index is 416. The number of hydrogen-bond donors (Lipinski definition) is 0. The summed E-state index contributed by atoms with van der Waals surface area (Å²) in [4.78, 5) is 21.7. The number of hydrogen-bond acceptors (Lipinski definition) is 2. The molecule has 0 aromatic heterocycles. The number of aldehydes is 1. The van der Waals surface area contributed by atoms with Gasteiger partial charge in [0.2, 0.25) is 0 Å². The van der Waals surface area contributed by atoms with Crippen molar-refractivity contribution in [3.8, 4) is 0 Å². The molecule has 0 bridgehead atoms. The van der Waals surface area contributed by atoms with Gasteiger partial charge in [-0.05, 0) is 35.0 Å². The Morgan fingerprint density at radius 1 is 1.47 bits per heavy atom. The first-order valence-corrected chi connectivity index (χ1v) is 4.84. The van der Waals surface area contributed by atoms with Crippen LogP contribution in [0.4, 0.5) is 8.78 Å². The van der Waals surface area contributed by atoms with Crippen LogP contribution in [0, 0.1) is 0 Å². The molecule has 1 aromatic rings. The highest BCUT2D eigenvalue weighted by atomic mass is 79.9. The molecule has 80 valence electrons. The van der Waals surface area contributed by atoms with E-state index in [1.54, 1.807) is 0 Å². The molecule has 0 saturated heterocycles. The Hall–Kier alpha value is -1.10. The zero-order chi connectivity index (χ0) is 11.6. The van der Waals surface area contributed by atoms with Crippen LogP contribution in [-0.4, -0.2) is 12.1 Å². The van der Waals surface area contributed by atoms with Crippen molar-refractivity contribution in [3.63, 3.8) is 0 Å². The fourth-order valence-electron chi connectivity index (χ4n) is 1.14. The number of Topliss-reactive ketones (excluding diaryl/α,β-unsaturated/α-hetero) is 1. The molecule has 0 aliphatic carbocycles. The molecule has 0 aliphatic heterocycles. The number of alkyl halides is 2. The average molecular weight is 277 g/mol. The summed E-state index contributed by atoms with van der Waals surface area (Å²) in [6.07, 6.45) is -2.27. The lowest BCUT2D eigenvalue weighted by Crippen LogP contribution is -2.00. The molecule has 0 aliphatic rings. The summed E-state index contributed by atoms with van der Waals surface area (Å²) in [5.41, 5.74) is -0.182. The van der Waals surface area contributed by atoms with Crippen molar-refractivity contribution >= 4 is 28.0 Å². The first kappa shape index (κ1) is 12.0. The van der Waals surface area contributed by atoms with E-state index in [2.05, 4.69) is 15.9 Å². The highest BCUT2D eigenvalue weighted by molar-refractivity contribution is 9.10. The second kappa shape index (κ2) is 4.61.